The molecule has 0 spiro atoms. The molecular formula is C22H30N4O3. The Morgan fingerprint density at radius 3 is 2.59 bits per heavy atom. The van der Waals surface area contributed by atoms with Crippen LogP contribution in [0.5, 0.6) is 0 Å². The first kappa shape index (κ1) is 19.9. The summed E-state index contributed by atoms with van der Waals surface area (Å²) in [4.78, 5) is 40.7. The molecule has 3 fully saturated rings. The number of hydrogen-bond acceptors (Lipinski definition) is 4. The molecule has 29 heavy (non-hydrogen) atoms. The van der Waals surface area contributed by atoms with E-state index in [1.54, 1.807) is 4.90 Å². The Morgan fingerprint density at radius 2 is 1.90 bits per heavy atom. The average molecular weight is 399 g/mol. The summed E-state index contributed by atoms with van der Waals surface area (Å²) < 4.78 is 0. The van der Waals surface area contributed by atoms with E-state index in [9.17, 15) is 14.4 Å². The maximum Gasteiger partial charge on any atom is 0.253 e. The van der Waals surface area contributed by atoms with Gasteiger partial charge in [-0.3, -0.25) is 14.4 Å². The Bertz CT molecular complexity index is 758. The number of nitrogens with one attached hydrogen (secondary N) is 2. The number of nitrogens with zero attached hydrogens (tertiary/aromatic N) is 2. The fourth-order valence-corrected chi connectivity index (χ4v) is 4.58. The number of carbonyl (C=O) groups excluding carboxylic acids is 3. The number of rotatable bonds is 5. The fourth-order valence-electron chi connectivity index (χ4n) is 4.58. The van der Waals surface area contributed by atoms with Gasteiger partial charge < -0.3 is 20.4 Å². The van der Waals surface area contributed by atoms with Crippen molar-refractivity contribution in [3.8, 4) is 0 Å². The van der Waals surface area contributed by atoms with Crippen LogP contribution in [0.3, 0.4) is 0 Å². The number of likely N-dealkylation sites (tertiary alicyclic amines) is 1. The molecule has 7 nitrogen and oxygen atoms in total. The van der Waals surface area contributed by atoms with E-state index >= 15 is 0 Å². The Morgan fingerprint density at radius 1 is 1.07 bits per heavy atom. The molecule has 156 valence electrons. The molecule has 1 aromatic carbocycles. The van der Waals surface area contributed by atoms with Crippen LogP contribution >= 0.6 is 0 Å². The van der Waals surface area contributed by atoms with Crippen LogP contribution in [0.1, 0.15) is 48.9 Å². The van der Waals surface area contributed by atoms with Gasteiger partial charge in [0.15, 0.2) is 0 Å². The van der Waals surface area contributed by atoms with Crippen molar-refractivity contribution in [1.29, 1.82) is 0 Å². The van der Waals surface area contributed by atoms with Gasteiger partial charge in [0.2, 0.25) is 11.8 Å². The van der Waals surface area contributed by atoms with Crippen LogP contribution in [-0.4, -0.2) is 61.4 Å². The topological polar surface area (TPSA) is 81.8 Å². The number of piperidine rings is 1. The van der Waals surface area contributed by atoms with Crippen LogP contribution in [0.4, 0.5) is 5.69 Å². The summed E-state index contributed by atoms with van der Waals surface area (Å²) >= 11 is 0. The lowest BCUT2D eigenvalue weighted by Gasteiger charge is -2.33. The minimum absolute atomic E-state index is 0.0257. The molecule has 3 aliphatic heterocycles. The lowest BCUT2D eigenvalue weighted by molar-refractivity contribution is -0.123. The van der Waals surface area contributed by atoms with Gasteiger partial charge in [-0.05, 0) is 68.8 Å². The highest BCUT2D eigenvalue weighted by Crippen LogP contribution is 2.23. The molecule has 3 heterocycles. The predicted molar refractivity (Wildman–Crippen MR) is 111 cm³/mol. The van der Waals surface area contributed by atoms with E-state index in [2.05, 4.69) is 10.6 Å². The second-order valence-corrected chi connectivity index (χ2v) is 8.35. The first-order valence-corrected chi connectivity index (χ1v) is 10.8. The van der Waals surface area contributed by atoms with Crippen LogP contribution in [0.2, 0.25) is 0 Å². The Kier molecular flexibility index (Phi) is 6.13. The van der Waals surface area contributed by atoms with Gasteiger partial charge in [0.1, 0.15) is 0 Å². The van der Waals surface area contributed by atoms with Crippen LogP contribution in [-0.2, 0) is 9.59 Å². The lowest BCUT2D eigenvalue weighted by Crippen LogP contribution is -2.46. The van der Waals surface area contributed by atoms with Crippen molar-refractivity contribution >= 4 is 23.4 Å². The van der Waals surface area contributed by atoms with E-state index in [0.29, 0.717) is 31.0 Å². The molecular weight excluding hydrogens is 368 g/mol. The second-order valence-electron chi connectivity index (χ2n) is 8.35. The molecule has 2 atom stereocenters. The van der Waals surface area contributed by atoms with E-state index < -0.39 is 0 Å². The summed E-state index contributed by atoms with van der Waals surface area (Å²) in [5, 5.41) is 6.28. The average Bonchev–Trinajstić information content (AvgIpc) is 3.44. The van der Waals surface area contributed by atoms with Crippen molar-refractivity contribution in [2.45, 2.75) is 44.6 Å². The quantitative estimate of drug-likeness (QED) is 0.788. The molecule has 2 N–H and O–H groups in total. The van der Waals surface area contributed by atoms with E-state index in [1.807, 2.05) is 29.2 Å². The predicted octanol–water partition coefficient (Wildman–Crippen LogP) is 1.53. The van der Waals surface area contributed by atoms with Gasteiger partial charge in [-0.1, -0.05) is 0 Å². The van der Waals surface area contributed by atoms with E-state index in [1.165, 1.54) is 0 Å². The maximum absolute atomic E-state index is 12.9. The largest absolute Gasteiger partial charge is 0.354 e. The zero-order valence-corrected chi connectivity index (χ0v) is 16.9. The smallest absolute Gasteiger partial charge is 0.253 e. The highest BCUT2D eigenvalue weighted by atomic mass is 16.2. The summed E-state index contributed by atoms with van der Waals surface area (Å²) in [5.74, 6) is 0.549. The van der Waals surface area contributed by atoms with Crippen LogP contribution in [0, 0.1) is 5.92 Å². The molecule has 0 saturated carbocycles. The molecule has 1 aromatic rings. The number of amides is 3. The van der Waals surface area contributed by atoms with Crippen molar-refractivity contribution in [2.75, 3.05) is 37.6 Å². The highest BCUT2D eigenvalue weighted by molar-refractivity contribution is 5.97. The number of hydrogen-bond donors (Lipinski definition) is 2. The second kappa shape index (κ2) is 8.95. The maximum atomic E-state index is 12.9. The normalized spacial score (nSPS) is 24.8. The van der Waals surface area contributed by atoms with Gasteiger partial charge in [-0.25, -0.2) is 0 Å². The molecule has 0 aromatic heterocycles. The van der Waals surface area contributed by atoms with E-state index in [0.717, 1.165) is 57.4 Å². The highest BCUT2D eigenvalue weighted by Gasteiger charge is 2.27. The Balaban J connectivity index is 1.31. The third kappa shape index (κ3) is 4.61. The van der Waals surface area contributed by atoms with E-state index in [4.69, 9.17) is 0 Å². The van der Waals surface area contributed by atoms with Gasteiger partial charge in [0.05, 0.1) is 6.04 Å². The van der Waals surface area contributed by atoms with E-state index in [-0.39, 0.29) is 23.8 Å². The number of anilines is 1. The first-order chi connectivity index (χ1) is 14.1. The van der Waals surface area contributed by atoms with Crippen LogP contribution < -0.4 is 15.5 Å². The molecule has 2 unspecified atom stereocenters. The number of benzene rings is 1. The van der Waals surface area contributed by atoms with Gasteiger partial charge in [0.25, 0.3) is 5.91 Å². The molecule has 3 amide bonds. The monoisotopic (exact) mass is 398 g/mol. The van der Waals surface area contributed by atoms with Crippen molar-refractivity contribution in [1.82, 2.24) is 15.5 Å². The zero-order chi connectivity index (χ0) is 20.2. The standard InChI is InChI=1S/C22H30N4O3/c27-20-6-3-13-26(20)18-9-7-17(8-10-18)22(29)25-12-2-4-16(15-25)14-24-21(28)19-5-1-11-23-19/h7-10,16,19,23H,1-6,11-15H2,(H,24,28). The minimum atomic E-state index is -0.0580. The van der Waals surface area contributed by atoms with Crippen molar-refractivity contribution < 1.29 is 14.4 Å². The van der Waals surface area contributed by atoms with Gasteiger partial charge in [0, 0.05) is 43.9 Å². The van der Waals surface area contributed by atoms with Crippen molar-refractivity contribution in [3.05, 3.63) is 29.8 Å². The third-order valence-corrected chi connectivity index (χ3v) is 6.25. The third-order valence-electron chi connectivity index (χ3n) is 6.25. The first-order valence-electron chi connectivity index (χ1n) is 10.8. The van der Waals surface area contributed by atoms with Crippen molar-refractivity contribution in [3.63, 3.8) is 0 Å². The van der Waals surface area contributed by atoms with Crippen molar-refractivity contribution in [2.24, 2.45) is 5.92 Å². The molecule has 0 aliphatic carbocycles. The van der Waals surface area contributed by atoms with Gasteiger partial charge >= 0.3 is 0 Å². The zero-order valence-electron chi connectivity index (χ0n) is 16.9. The Hall–Kier alpha value is -2.41. The van der Waals surface area contributed by atoms with Crippen LogP contribution in [0.15, 0.2) is 24.3 Å². The summed E-state index contributed by atoms with van der Waals surface area (Å²) in [7, 11) is 0. The fraction of sp³-hybridized carbons (Fsp3) is 0.591. The summed E-state index contributed by atoms with van der Waals surface area (Å²) in [5.41, 5.74) is 1.52. The minimum Gasteiger partial charge on any atom is -0.354 e. The molecule has 0 bridgehead atoms. The summed E-state index contributed by atoms with van der Waals surface area (Å²) in [6, 6.07) is 7.32. The van der Waals surface area contributed by atoms with Gasteiger partial charge in [-0.15, -0.1) is 0 Å². The summed E-state index contributed by atoms with van der Waals surface area (Å²) in [6.07, 6.45) is 5.42. The van der Waals surface area contributed by atoms with Gasteiger partial charge in [-0.2, -0.15) is 0 Å². The summed E-state index contributed by atoms with van der Waals surface area (Å²) in [6.45, 7) is 3.71. The van der Waals surface area contributed by atoms with Crippen LogP contribution in [0.25, 0.3) is 0 Å². The molecule has 7 heteroatoms. The molecule has 0 radical (unpaired) electrons. The molecule has 3 saturated heterocycles. The Labute approximate surface area is 171 Å². The lowest BCUT2D eigenvalue weighted by atomic mass is 9.97. The molecule has 3 aliphatic rings. The SMILES string of the molecule is O=C(NCC1CCCN(C(=O)c2ccc(N3CCCC3=O)cc2)C1)C1CCCN1. The number of carbonyl (C=O) groups is 3. The molecule has 4 rings (SSSR count).